The van der Waals surface area contributed by atoms with E-state index in [1.165, 1.54) is 5.56 Å². The standard InChI is InChI=1S/C14H14N2O/c1-10(17)13-9-16-8-7-12(14(16)15-13)11-5-3-2-4-6-11/h2-6,9,12H,7-8H2,1H3. The molecule has 2 aromatic rings. The minimum Gasteiger partial charge on any atom is -0.334 e. The largest absolute Gasteiger partial charge is 0.334 e. The summed E-state index contributed by atoms with van der Waals surface area (Å²) in [6.45, 7) is 2.52. The van der Waals surface area contributed by atoms with Gasteiger partial charge in [0.2, 0.25) is 0 Å². The third-order valence-corrected chi connectivity index (χ3v) is 3.34. The van der Waals surface area contributed by atoms with Crippen LogP contribution in [0.5, 0.6) is 0 Å². The molecule has 0 saturated heterocycles. The summed E-state index contributed by atoms with van der Waals surface area (Å²) in [6, 6.07) is 10.4. The molecular weight excluding hydrogens is 212 g/mol. The fraction of sp³-hybridized carbons (Fsp3) is 0.286. The van der Waals surface area contributed by atoms with E-state index in [1.807, 2.05) is 24.4 Å². The van der Waals surface area contributed by atoms with Gasteiger partial charge in [-0.1, -0.05) is 30.3 Å². The molecule has 0 spiro atoms. The summed E-state index contributed by atoms with van der Waals surface area (Å²) < 4.78 is 2.11. The number of Topliss-reactive ketones (excluding diaryl/α,β-unsaturated/α-hetero) is 1. The molecule has 0 aliphatic carbocycles. The van der Waals surface area contributed by atoms with Crippen LogP contribution >= 0.6 is 0 Å². The summed E-state index contributed by atoms with van der Waals surface area (Å²) in [6.07, 6.45) is 2.95. The fourth-order valence-electron chi connectivity index (χ4n) is 2.46. The van der Waals surface area contributed by atoms with Crippen LogP contribution in [0.15, 0.2) is 36.5 Å². The van der Waals surface area contributed by atoms with E-state index in [0.29, 0.717) is 11.6 Å². The Balaban J connectivity index is 2.01. The van der Waals surface area contributed by atoms with E-state index in [2.05, 4.69) is 21.7 Å². The van der Waals surface area contributed by atoms with Crippen LogP contribution in [0, 0.1) is 0 Å². The first-order chi connectivity index (χ1) is 8.25. The maximum atomic E-state index is 11.3. The van der Waals surface area contributed by atoms with Gasteiger partial charge in [-0.3, -0.25) is 4.79 Å². The molecule has 1 aliphatic rings. The van der Waals surface area contributed by atoms with E-state index < -0.39 is 0 Å². The molecule has 1 aliphatic heterocycles. The smallest absolute Gasteiger partial charge is 0.179 e. The lowest BCUT2D eigenvalue weighted by Gasteiger charge is -2.07. The quantitative estimate of drug-likeness (QED) is 0.738. The average Bonchev–Trinajstić information content (AvgIpc) is 2.89. The molecule has 0 radical (unpaired) electrons. The first kappa shape index (κ1) is 10.3. The monoisotopic (exact) mass is 226 g/mol. The van der Waals surface area contributed by atoms with Crippen molar-refractivity contribution >= 4 is 5.78 Å². The third kappa shape index (κ3) is 1.68. The van der Waals surface area contributed by atoms with E-state index >= 15 is 0 Å². The van der Waals surface area contributed by atoms with Gasteiger partial charge in [0.05, 0.1) is 0 Å². The van der Waals surface area contributed by atoms with E-state index in [4.69, 9.17) is 0 Å². The second-order valence-electron chi connectivity index (χ2n) is 4.49. The van der Waals surface area contributed by atoms with Gasteiger partial charge in [-0.05, 0) is 12.0 Å². The molecule has 1 aromatic carbocycles. The van der Waals surface area contributed by atoms with Gasteiger partial charge in [0.25, 0.3) is 0 Å². The highest BCUT2D eigenvalue weighted by Crippen LogP contribution is 2.33. The van der Waals surface area contributed by atoms with Crippen LogP contribution in [0.4, 0.5) is 0 Å². The predicted octanol–water partition coefficient (Wildman–Crippen LogP) is 2.62. The molecule has 1 unspecified atom stereocenters. The molecule has 3 heteroatoms. The van der Waals surface area contributed by atoms with E-state index in [0.717, 1.165) is 18.8 Å². The molecule has 3 rings (SSSR count). The highest BCUT2D eigenvalue weighted by atomic mass is 16.1. The summed E-state index contributed by atoms with van der Waals surface area (Å²) >= 11 is 0. The van der Waals surface area contributed by atoms with Crippen molar-refractivity contribution in [3.8, 4) is 0 Å². The number of nitrogens with zero attached hydrogens (tertiary/aromatic N) is 2. The number of fused-ring (bicyclic) bond motifs is 1. The predicted molar refractivity (Wildman–Crippen MR) is 65.1 cm³/mol. The summed E-state index contributed by atoms with van der Waals surface area (Å²) in [7, 11) is 0. The van der Waals surface area contributed by atoms with Crippen LogP contribution < -0.4 is 0 Å². The maximum Gasteiger partial charge on any atom is 0.179 e. The number of ketones is 1. The first-order valence-corrected chi connectivity index (χ1v) is 5.88. The number of benzene rings is 1. The molecule has 0 saturated carbocycles. The topological polar surface area (TPSA) is 34.9 Å². The zero-order valence-electron chi connectivity index (χ0n) is 9.76. The van der Waals surface area contributed by atoms with Crippen molar-refractivity contribution in [2.75, 3.05) is 0 Å². The van der Waals surface area contributed by atoms with Gasteiger partial charge in [-0.15, -0.1) is 0 Å². The molecule has 86 valence electrons. The SMILES string of the molecule is CC(=O)c1cn2c(n1)C(c1ccccc1)CC2. The molecule has 0 amide bonds. The molecule has 2 heterocycles. The number of hydrogen-bond acceptors (Lipinski definition) is 2. The Morgan fingerprint density at radius 3 is 2.82 bits per heavy atom. The molecular formula is C14H14N2O. The first-order valence-electron chi connectivity index (χ1n) is 5.88. The Bertz CT molecular complexity index is 557. The van der Waals surface area contributed by atoms with Crippen LogP contribution in [-0.4, -0.2) is 15.3 Å². The molecule has 0 N–H and O–H groups in total. The van der Waals surface area contributed by atoms with E-state index in [9.17, 15) is 4.79 Å². The summed E-state index contributed by atoms with van der Waals surface area (Å²) in [4.78, 5) is 15.8. The van der Waals surface area contributed by atoms with Crippen LogP contribution in [0.2, 0.25) is 0 Å². The summed E-state index contributed by atoms with van der Waals surface area (Å²) in [5, 5.41) is 0. The highest BCUT2D eigenvalue weighted by Gasteiger charge is 2.27. The summed E-state index contributed by atoms with van der Waals surface area (Å²) in [5.74, 6) is 1.41. The van der Waals surface area contributed by atoms with Crippen molar-refractivity contribution in [1.29, 1.82) is 0 Å². The number of aromatic nitrogens is 2. The Hall–Kier alpha value is -1.90. The average molecular weight is 226 g/mol. The van der Waals surface area contributed by atoms with Crippen LogP contribution in [0.1, 0.15) is 41.1 Å². The van der Waals surface area contributed by atoms with Crippen molar-refractivity contribution in [3.05, 3.63) is 53.6 Å². The normalized spacial score (nSPS) is 18.1. The van der Waals surface area contributed by atoms with Gasteiger partial charge in [0.15, 0.2) is 5.78 Å². The molecule has 0 bridgehead atoms. The van der Waals surface area contributed by atoms with Gasteiger partial charge in [0, 0.05) is 25.6 Å². The van der Waals surface area contributed by atoms with Crippen LogP contribution in [0.25, 0.3) is 0 Å². The van der Waals surface area contributed by atoms with Crippen LogP contribution in [0.3, 0.4) is 0 Å². The molecule has 3 nitrogen and oxygen atoms in total. The minimum absolute atomic E-state index is 0.0405. The van der Waals surface area contributed by atoms with Gasteiger partial charge >= 0.3 is 0 Å². The zero-order chi connectivity index (χ0) is 11.8. The lowest BCUT2D eigenvalue weighted by Crippen LogP contribution is -1.99. The molecule has 1 atom stereocenters. The zero-order valence-corrected chi connectivity index (χ0v) is 9.76. The Kier molecular flexibility index (Phi) is 2.32. The second-order valence-corrected chi connectivity index (χ2v) is 4.49. The number of imidazole rings is 1. The van der Waals surface area contributed by atoms with Crippen molar-refractivity contribution in [3.63, 3.8) is 0 Å². The molecule has 17 heavy (non-hydrogen) atoms. The highest BCUT2D eigenvalue weighted by molar-refractivity contribution is 5.92. The Labute approximate surface area is 100 Å². The second kappa shape index (κ2) is 3.84. The van der Waals surface area contributed by atoms with Crippen molar-refractivity contribution in [2.24, 2.45) is 0 Å². The van der Waals surface area contributed by atoms with Crippen molar-refractivity contribution < 1.29 is 4.79 Å². The third-order valence-electron chi connectivity index (χ3n) is 3.34. The fourth-order valence-corrected chi connectivity index (χ4v) is 2.46. The Morgan fingerprint density at radius 2 is 2.12 bits per heavy atom. The number of aryl methyl sites for hydroxylation is 1. The Morgan fingerprint density at radius 1 is 1.35 bits per heavy atom. The molecule has 0 fully saturated rings. The lowest BCUT2D eigenvalue weighted by atomic mass is 9.97. The van der Waals surface area contributed by atoms with Gasteiger partial charge in [0.1, 0.15) is 11.5 Å². The number of carbonyl (C=O) groups excluding carboxylic acids is 1. The van der Waals surface area contributed by atoms with Crippen molar-refractivity contribution in [1.82, 2.24) is 9.55 Å². The van der Waals surface area contributed by atoms with Crippen LogP contribution in [-0.2, 0) is 6.54 Å². The van der Waals surface area contributed by atoms with Gasteiger partial charge in [-0.2, -0.15) is 0 Å². The lowest BCUT2D eigenvalue weighted by molar-refractivity contribution is 0.101. The number of carbonyl (C=O) groups is 1. The van der Waals surface area contributed by atoms with E-state index in [1.54, 1.807) is 6.92 Å². The minimum atomic E-state index is 0.0405. The van der Waals surface area contributed by atoms with E-state index in [-0.39, 0.29) is 5.78 Å². The maximum absolute atomic E-state index is 11.3. The number of rotatable bonds is 2. The van der Waals surface area contributed by atoms with Gasteiger partial charge in [-0.25, -0.2) is 4.98 Å². The molecule has 1 aromatic heterocycles. The van der Waals surface area contributed by atoms with Gasteiger partial charge < -0.3 is 4.57 Å². The summed E-state index contributed by atoms with van der Waals surface area (Å²) in [5.41, 5.74) is 1.87. The van der Waals surface area contributed by atoms with Crippen molar-refractivity contribution in [2.45, 2.75) is 25.8 Å². The number of hydrogen-bond donors (Lipinski definition) is 0.